The maximum atomic E-state index is 5.53. The van der Waals surface area contributed by atoms with E-state index in [1.807, 2.05) is 19.1 Å². The van der Waals surface area contributed by atoms with Crippen LogP contribution in [0.4, 0.5) is 0 Å². The van der Waals surface area contributed by atoms with Gasteiger partial charge >= 0.3 is 0 Å². The average molecular weight is 384 g/mol. The van der Waals surface area contributed by atoms with Crippen LogP contribution in [0.15, 0.2) is 39.3 Å². The van der Waals surface area contributed by atoms with Gasteiger partial charge in [0.15, 0.2) is 0 Å². The van der Waals surface area contributed by atoms with Gasteiger partial charge in [-0.15, -0.1) is 5.10 Å². The molecule has 1 aliphatic heterocycles. The van der Waals surface area contributed by atoms with Crippen molar-refractivity contribution in [1.29, 1.82) is 0 Å². The van der Waals surface area contributed by atoms with Crippen LogP contribution >= 0.6 is 11.8 Å². The summed E-state index contributed by atoms with van der Waals surface area (Å²) in [6.07, 6.45) is 3.71. The minimum atomic E-state index is 0.216. The van der Waals surface area contributed by atoms with Gasteiger partial charge in [0.05, 0.1) is 12.3 Å². The molecular formula is C22H29N3OS. The number of aliphatic imine (C=N–C) groups is 1. The van der Waals surface area contributed by atoms with Gasteiger partial charge in [-0.25, -0.2) is 4.99 Å². The van der Waals surface area contributed by atoms with Crippen molar-refractivity contribution in [1.82, 2.24) is 5.43 Å². The third kappa shape index (κ3) is 3.00. The van der Waals surface area contributed by atoms with Crippen LogP contribution in [-0.2, 0) is 0 Å². The predicted molar refractivity (Wildman–Crippen MR) is 115 cm³/mol. The normalized spacial score (nSPS) is 30.5. The van der Waals surface area contributed by atoms with E-state index in [1.165, 1.54) is 23.5 Å². The molecule has 27 heavy (non-hydrogen) atoms. The Kier molecular flexibility index (Phi) is 4.61. The van der Waals surface area contributed by atoms with E-state index in [9.17, 15) is 0 Å². The Morgan fingerprint density at radius 1 is 1.26 bits per heavy atom. The largest absolute Gasteiger partial charge is 0.494 e. The molecule has 4 nitrogen and oxygen atoms in total. The van der Waals surface area contributed by atoms with E-state index in [0.29, 0.717) is 12.0 Å². The topological polar surface area (TPSA) is 46.0 Å². The van der Waals surface area contributed by atoms with Crippen LogP contribution in [0.3, 0.4) is 0 Å². The molecule has 2 atom stereocenters. The molecular weight excluding hydrogens is 354 g/mol. The molecule has 0 unspecified atom stereocenters. The number of benzene rings is 1. The Balaban J connectivity index is 1.52. The number of nitrogens with zero attached hydrogens (tertiary/aromatic N) is 2. The van der Waals surface area contributed by atoms with Crippen LogP contribution in [0.2, 0.25) is 0 Å². The van der Waals surface area contributed by atoms with Crippen molar-refractivity contribution in [2.75, 3.05) is 6.61 Å². The van der Waals surface area contributed by atoms with E-state index in [1.54, 1.807) is 11.8 Å². The van der Waals surface area contributed by atoms with Gasteiger partial charge in [-0.3, -0.25) is 5.43 Å². The standard InChI is InChI=1S/C22H29N3OS/c1-6-26-17-9-7-15(8-10-17)19-14(2)27-20(25-24-19)23-18-13-16-11-12-22(18,5)21(16,3)4/h7-10,16,24H,6,11-13H2,1-5H3/t16-,22-/m0/s1. The van der Waals surface area contributed by atoms with Gasteiger partial charge in [0.2, 0.25) is 5.17 Å². The van der Waals surface area contributed by atoms with Crippen LogP contribution in [0.25, 0.3) is 5.70 Å². The summed E-state index contributed by atoms with van der Waals surface area (Å²) >= 11 is 1.67. The number of ether oxygens (including phenoxy) is 1. The molecule has 0 spiro atoms. The van der Waals surface area contributed by atoms with Gasteiger partial charge in [-0.05, 0) is 68.7 Å². The molecule has 0 radical (unpaired) electrons. The molecule has 0 aromatic heterocycles. The Hall–Kier alpha value is -1.75. The summed E-state index contributed by atoms with van der Waals surface area (Å²) in [5, 5.41) is 5.41. The molecule has 0 saturated heterocycles. The van der Waals surface area contributed by atoms with Gasteiger partial charge in [0.1, 0.15) is 5.75 Å². The average Bonchev–Trinajstić information content (AvgIpc) is 2.97. The number of amidine groups is 1. The van der Waals surface area contributed by atoms with E-state index in [2.05, 4.69) is 50.4 Å². The van der Waals surface area contributed by atoms with Gasteiger partial charge in [-0.1, -0.05) is 32.5 Å². The molecule has 1 aromatic carbocycles. The molecule has 3 aliphatic rings. The van der Waals surface area contributed by atoms with Crippen LogP contribution < -0.4 is 10.2 Å². The zero-order valence-corrected chi connectivity index (χ0v) is 17.7. The van der Waals surface area contributed by atoms with Crippen molar-refractivity contribution < 1.29 is 4.74 Å². The van der Waals surface area contributed by atoms with Gasteiger partial charge in [-0.2, -0.15) is 0 Å². The van der Waals surface area contributed by atoms with Crippen molar-refractivity contribution >= 4 is 28.3 Å². The number of fused-ring (bicyclic) bond motifs is 2. The molecule has 5 heteroatoms. The minimum Gasteiger partial charge on any atom is -0.494 e. The van der Waals surface area contributed by atoms with E-state index in [0.717, 1.165) is 34.5 Å². The maximum Gasteiger partial charge on any atom is 0.211 e. The minimum absolute atomic E-state index is 0.216. The number of allylic oxidation sites excluding steroid dienone is 1. The fourth-order valence-corrected chi connectivity index (χ4v) is 5.59. The van der Waals surface area contributed by atoms with Crippen LogP contribution in [0.1, 0.15) is 59.4 Å². The molecule has 1 N–H and O–H groups in total. The Morgan fingerprint density at radius 3 is 2.56 bits per heavy atom. The third-order valence-electron chi connectivity index (χ3n) is 7.06. The Labute approximate surface area is 166 Å². The number of nitrogens with one attached hydrogen (secondary N) is 1. The summed E-state index contributed by atoms with van der Waals surface area (Å²) in [5.41, 5.74) is 7.30. The number of hydrogen-bond donors (Lipinski definition) is 1. The number of hydrogen-bond acceptors (Lipinski definition) is 5. The quantitative estimate of drug-likeness (QED) is 0.731. The second-order valence-electron chi connectivity index (χ2n) is 8.55. The Morgan fingerprint density at radius 2 is 2.00 bits per heavy atom. The predicted octanol–water partition coefficient (Wildman–Crippen LogP) is 5.67. The van der Waals surface area contributed by atoms with Crippen LogP contribution in [0.5, 0.6) is 5.75 Å². The molecule has 2 saturated carbocycles. The highest BCUT2D eigenvalue weighted by molar-refractivity contribution is 8.17. The van der Waals surface area contributed by atoms with Crippen molar-refractivity contribution in [2.24, 2.45) is 26.8 Å². The highest BCUT2D eigenvalue weighted by Crippen LogP contribution is 2.64. The summed E-state index contributed by atoms with van der Waals surface area (Å²) in [5.74, 6) is 1.66. The monoisotopic (exact) mass is 383 g/mol. The lowest BCUT2D eigenvalue weighted by Gasteiger charge is -2.34. The SMILES string of the molecule is CCOc1ccc(C2=C(C)SC(N=C3C[C@@H]4CC[C@]3(C)C4(C)C)=NN2)cc1. The second kappa shape index (κ2) is 6.69. The second-order valence-corrected chi connectivity index (χ2v) is 9.73. The molecule has 2 fully saturated rings. The molecule has 1 aromatic rings. The lowest BCUT2D eigenvalue weighted by molar-refractivity contribution is 0.194. The van der Waals surface area contributed by atoms with Gasteiger partial charge in [0, 0.05) is 21.6 Å². The zero-order valence-electron chi connectivity index (χ0n) is 16.9. The molecule has 2 aliphatic carbocycles. The summed E-state index contributed by atoms with van der Waals surface area (Å²) in [6.45, 7) is 12.0. The van der Waals surface area contributed by atoms with Crippen molar-refractivity contribution in [2.45, 2.75) is 53.9 Å². The zero-order chi connectivity index (χ0) is 19.2. The third-order valence-corrected chi connectivity index (χ3v) is 7.93. The van der Waals surface area contributed by atoms with E-state index in [-0.39, 0.29) is 5.41 Å². The van der Waals surface area contributed by atoms with E-state index in [4.69, 9.17) is 9.73 Å². The number of thioether (sulfide) groups is 1. The molecule has 144 valence electrons. The highest BCUT2D eigenvalue weighted by atomic mass is 32.2. The number of rotatable bonds is 3. The fraction of sp³-hybridized carbons (Fsp3) is 0.545. The molecule has 0 amide bonds. The first-order valence-electron chi connectivity index (χ1n) is 9.89. The lowest BCUT2D eigenvalue weighted by atomic mass is 9.70. The summed E-state index contributed by atoms with van der Waals surface area (Å²) in [4.78, 5) is 6.21. The summed E-state index contributed by atoms with van der Waals surface area (Å²) < 4.78 is 5.53. The van der Waals surface area contributed by atoms with Crippen molar-refractivity contribution in [3.63, 3.8) is 0 Å². The molecule has 1 heterocycles. The highest BCUT2D eigenvalue weighted by Gasteiger charge is 2.59. The number of hydrazone groups is 1. The first kappa shape index (κ1) is 18.6. The Bertz CT molecular complexity index is 838. The maximum absolute atomic E-state index is 5.53. The van der Waals surface area contributed by atoms with Crippen molar-refractivity contribution in [3.8, 4) is 5.75 Å². The molecule has 2 bridgehead atoms. The van der Waals surface area contributed by atoms with Gasteiger partial charge < -0.3 is 4.74 Å². The summed E-state index contributed by atoms with van der Waals surface area (Å²) in [7, 11) is 0. The van der Waals surface area contributed by atoms with E-state index >= 15 is 0 Å². The van der Waals surface area contributed by atoms with Crippen LogP contribution in [-0.4, -0.2) is 17.5 Å². The molecule has 4 rings (SSSR count). The first-order chi connectivity index (χ1) is 12.8. The summed E-state index contributed by atoms with van der Waals surface area (Å²) in [6, 6.07) is 8.15. The smallest absolute Gasteiger partial charge is 0.211 e. The lowest BCUT2D eigenvalue weighted by Crippen LogP contribution is -2.33. The van der Waals surface area contributed by atoms with Crippen LogP contribution in [0, 0.1) is 16.7 Å². The fourth-order valence-electron chi connectivity index (χ4n) is 4.81. The van der Waals surface area contributed by atoms with E-state index < -0.39 is 0 Å². The van der Waals surface area contributed by atoms with Crippen molar-refractivity contribution in [3.05, 3.63) is 34.7 Å². The first-order valence-corrected chi connectivity index (χ1v) is 10.7. The van der Waals surface area contributed by atoms with Gasteiger partial charge in [0.25, 0.3) is 0 Å².